The van der Waals surface area contributed by atoms with Crippen molar-refractivity contribution in [2.45, 2.75) is 95.6 Å². The number of alkyl halides is 3. The predicted molar refractivity (Wildman–Crippen MR) is 105 cm³/mol. The molecule has 4 rings (SSSR count). The number of hydrogen-bond acceptors (Lipinski definition) is 0. The maximum Gasteiger partial charge on any atom is 0.285 e. The smallest absolute Gasteiger partial charge is 0.236 e. The van der Waals surface area contributed by atoms with E-state index in [0.717, 1.165) is 43.4 Å². The quantitative estimate of drug-likeness (QED) is 0.459. The summed E-state index contributed by atoms with van der Waals surface area (Å²) in [7, 11) is 0. The van der Waals surface area contributed by atoms with Crippen molar-refractivity contribution in [2.75, 3.05) is 0 Å². The SMILES string of the molecule is CCC[C@H]1CC[C@H](C2CCC(C3(C4(F)CC4(F)F)C=CC=CC3)CC2)CC1. The van der Waals surface area contributed by atoms with E-state index in [2.05, 4.69) is 6.92 Å². The Hall–Kier alpha value is -0.730. The van der Waals surface area contributed by atoms with Gasteiger partial charge in [0.2, 0.25) is 0 Å². The lowest BCUT2D eigenvalue weighted by Gasteiger charge is -2.46. The molecule has 0 aromatic heterocycles. The second-order valence-corrected chi connectivity index (χ2v) is 9.90. The van der Waals surface area contributed by atoms with Gasteiger partial charge in [-0.3, -0.25) is 0 Å². The van der Waals surface area contributed by atoms with Gasteiger partial charge in [-0.05, 0) is 68.6 Å². The van der Waals surface area contributed by atoms with Crippen LogP contribution in [0.3, 0.4) is 0 Å². The van der Waals surface area contributed by atoms with Gasteiger partial charge in [0.15, 0.2) is 5.67 Å². The standard InChI is InChI=1S/C24H35F3/c1-2-6-18-7-9-19(10-8-18)20-11-13-21(14-12-20)22(15-4-3-5-16-22)23(25)17-24(23,26)27/h3-5,15,18-21H,2,6-14,16-17H2,1H3/t18-,19-,20?,21?,22?,23?. The molecule has 3 fully saturated rings. The van der Waals surface area contributed by atoms with E-state index < -0.39 is 23.4 Å². The van der Waals surface area contributed by atoms with Crippen molar-refractivity contribution in [2.24, 2.45) is 29.1 Å². The first kappa shape index (κ1) is 19.6. The third-order valence-corrected chi connectivity index (χ3v) is 8.51. The van der Waals surface area contributed by atoms with Crippen LogP contribution in [-0.2, 0) is 0 Å². The lowest BCUT2D eigenvalue weighted by atomic mass is 9.59. The zero-order chi connectivity index (χ0) is 19.1. The molecule has 152 valence electrons. The minimum absolute atomic E-state index is 0.0600. The van der Waals surface area contributed by atoms with Gasteiger partial charge < -0.3 is 0 Å². The van der Waals surface area contributed by atoms with Crippen LogP contribution in [0.15, 0.2) is 24.3 Å². The van der Waals surface area contributed by atoms with Gasteiger partial charge >= 0.3 is 0 Å². The van der Waals surface area contributed by atoms with Crippen LogP contribution in [-0.4, -0.2) is 11.6 Å². The molecule has 0 N–H and O–H groups in total. The van der Waals surface area contributed by atoms with Crippen molar-refractivity contribution in [1.82, 2.24) is 0 Å². The van der Waals surface area contributed by atoms with Gasteiger partial charge in [0.1, 0.15) is 0 Å². The molecular formula is C24H35F3. The Bertz CT molecular complexity index is 578. The minimum Gasteiger partial charge on any atom is -0.236 e. The average molecular weight is 381 g/mol. The van der Waals surface area contributed by atoms with Crippen LogP contribution >= 0.6 is 0 Å². The van der Waals surface area contributed by atoms with Gasteiger partial charge in [-0.2, -0.15) is 0 Å². The maximum absolute atomic E-state index is 15.3. The van der Waals surface area contributed by atoms with Crippen LogP contribution in [0, 0.1) is 29.1 Å². The van der Waals surface area contributed by atoms with Crippen LogP contribution in [0.4, 0.5) is 13.2 Å². The molecule has 2 unspecified atom stereocenters. The highest BCUT2D eigenvalue weighted by molar-refractivity contribution is 5.33. The third kappa shape index (κ3) is 3.31. The van der Waals surface area contributed by atoms with Gasteiger partial charge in [-0.1, -0.05) is 56.9 Å². The van der Waals surface area contributed by atoms with E-state index in [1.165, 1.54) is 38.5 Å². The Kier molecular flexibility index (Phi) is 5.27. The fourth-order valence-electron chi connectivity index (χ4n) is 6.79. The zero-order valence-corrected chi connectivity index (χ0v) is 16.7. The van der Waals surface area contributed by atoms with E-state index in [-0.39, 0.29) is 5.92 Å². The molecule has 4 aliphatic rings. The maximum atomic E-state index is 15.3. The normalized spacial score (nSPS) is 46.4. The van der Waals surface area contributed by atoms with Gasteiger partial charge in [0, 0.05) is 5.41 Å². The Morgan fingerprint density at radius 3 is 1.93 bits per heavy atom. The molecule has 0 heterocycles. The van der Waals surface area contributed by atoms with Gasteiger partial charge in [0.05, 0.1) is 6.42 Å². The molecule has 3 heteroatoms. The van der Waals surface area contributed by atoms with Crippen LogP contribution in [0.5, 0.6) is 0 Å². The van der Waals surface area contributed by atoms with Gasteiger partial charge in [0.25, 0.3) is 5.92 Å². The van der Waals surface area contributed by atoms with E-state index in [4.69, 9.17) is 0 Å². The largest absolute Gasteiger partial charge is 0.285 e. The Morgan fingerprint density at radius 2 is 1.44 bits per heavy atom. The summed E-state index contributed by atoms with van der Waals surface area (Å²) in [4.78, 5) is 0. The summed E-state index contributed by atoms with van der Waals surface area (Å²) in [5.41, 5.74) is -3.30. The highest BCUT2D eigenvalue weighted by atomic mass is 19.3. The zero-order valence-electron chi connectivity index (χ0n) is 16.7. The first-order valence-electron chi connectivity index (χ1n) is 11.3. The van der Waals surface area contributed by atoms with Crippen LogP contribution in [0.1, 0.15) is 84.0 Å². The highest BCUT2D eigenvalue weighted by Crippen LogP contribution is 2.70. The second-order valence-electron chi connectivity index (χ2n) is 9.90. The summed E-state index contributed by atoms with van der Waals surface area (Å²) in [6.45, 7) is 2.28. The molecule has 0 amide bonds. The highest BCUT2D eigenvalue weighted by Gasteiger charge is 2.81. The molecule has 0 saturated heterocycles. The molecule has 0 aliphatic heterocycles. The number of hydrogen-bond donors (Lipinski definition) is 0. The summed E-state index contributed by atoms with van der Waals surface area (Å²) in [6, 6.07) is 0. The van der Waals surface area contributed by atoms with E-state index in [1.54, 1.807) is 12.2 Å². The van der Waals surface area contributed by atoms with Gasteiger partial charge in [-0.25, -0.2) is 13.2 Å². The van der Waals surface area contributed by atoms with Crippen molar-refractivity contribution in [3.05, 3.63) is 24.3 Å². The lowest BCUT2D eigenvalue weighted by molar-refractivity contribution is -0.0491. The molecule has 0 aromatic rings. The number of rotatable bonds is 5. The van der Waals surface area contributed by atoms with Crippen molar-refractivity contribution < 1.29 is 13.2 Å². The van der Waals surface area contributed by atoms with Crippen LogP contribution in [0.25, 0.3) is 0 Å². The van der Waals surface area contributed by atoms with E-state index in [0.29, 0.717) is 6.42 Å². The summed E-state index contributed by atoms with van der Waals surface area (Å²) in [5, 5.41) is 0. The Balaban J connectivity index is 1.38. The molecule has 0 radical (unpaired) electrons. The first-order chi connectivity index (χ1) is 12.9. The van der Waals surface area contributed by atoms with E-state index >= 15 is 4.39 Å². The summed E-state index contributed by atoms with van der Waals surface area (Å²) in [6.07, 6.45) is 19.4. The third-order valence-electron chi connectivity index (χ3n) is 8.51. The average Bonchev–Trinajstić information content (AvgIpc) is 3.23. The molecule has 0 aromatic carbocycles. The summed E-state index contributed by atoms with van der Waals surface area (Å²) >= 11 is 0. The molecular weight excluding hydrogens is 345 g/mol. The van der Waals surface area contributed by atoms with Crippen molar-refractivity contribution in [3.63, 3.8) is 0 Å². The monoisotopic (exact) mass is 380 g/mol. The van der Waals surface area contributed by atoms with Crippen molar-refractivity contribution in [3.8, 4) is 0 Å². The lowest BCUT2D eigenvalue weighted by Crippen LogP contribution is -2.45. The minimum atomic E-state index is -3.14. The topological polar surface area (TPSA) is 0 Å². The molecule has 0 bridgehead atoms. The molecule has 4 aliphatic carbocycles. The van der Waals surface area contributed by atoms with E-state index in [1.807, 2.05) is 12.2 Å². The second kappa shape index (κ2) is 7.26. The molecule has 0 nitrogen and oxygen atoms in total. The first-order valence-corrected chi connectivity index (χ1v) is 11.3. The fraction of sp³-hybridized carbons (Fsp3) is 0.833. The Labute approximate surface area is 162 Å². The number of halogens is 3. The Morgan fingerprint density at radius 1 is 0.852 bits per heavy atom. The molecule has 2 atom stereocenters. The fourth-order valence-corrected chi connectivity index (χ4v) is 6.79. The molecule has 3 saturated carbocycles. The van der Waals surface area contributed by atoms with E-state index in [9.17, 15) is 8.78 Å². The summed E-state index contributed by atoms with van der Waals surface area (Å²) in [5.74, 6) is -0.604. The van der Waals surface area contributed by atoms with Crippen molar-refractivity contribution >= 4 is 0 Å². The molecule has 27 heavy (non-hydrogen) atoms. The van der Waals surface area contributed by atoms with Crippen LogP contribution < -0.4 is 0 Å². The van der Waals surface area contributed by atoms with Crippen LogP contribution in [0.2, 0.25) is 0 Å². The number of allylic oxidation sites excluding steroid dienone is 4. The van der Waals surface area contributed by atoms with Crippen molar-refractivity contribution in [1.29, 1.82) is 0 Å². The summed E-state index contributed by atoms with van der Waals surface area (Å²) < 4.78 is 43.3. The predicted octanol–water partition coefficient (Wildman–Crippen LogP) is 7.65. The van der Waals surface area contributed by atoms with Gasteiger partial charge in [-0.15, -0.1) is 0 Å². The molecule has 0 spiro atoms.